The van der Waals surface area contributed by atoms with E-state index < -0.39 is 23.7 Å². The van der Waals surface area contributed by atoms with Gasteiger partial charge in [-0.15, -0.1) is 0 Å². The first-order valence-electron chi connectivity index (χ1n) is 14.1. The Morgan fingerprint density at radius 1 is 0.956 bits per heavy atom. The van der Waals surface area contributed by atoms with Gasteiger partial charge in [-0.05, 0) is 67.8 Å². The van der Waals surface area contributed by atoms with Crippen molar-refractivity contribution < 1.29 is 38.4 Å². The van der Waals surface area contributed by atoms with Crippen LogP contribution in [0.2, 0.25) is 0 Å². The van der Waals surface area contributed by atoms with Gasteiger partial charge in [0.15, 0.2) is 16.6 Å². The lowest BCUT2D eigenvalue weighted by molar-refractivity contribution is -0.132. The van der Waals surface area contributed by atoms with E-state index in [0.717, 1.165) is 22.5 Å². The van der Waals surface area contributed by atoms with Crippen molar-refractivity contribution in [3.8, 4) is 17.2 Å². The summed E-state index contributed by atoms with van der Waals surface area (Å²) in [5.74, 6) is -1.35. The molecule has 1 aliphatic heterocycles. The van der Waals surface area contributed by atoms with Crippen LogP contribution in [0.3, 0.4) is 0 Å². The van der Waals surface area contributed by atoms with Crippen molar-refractivity contribution in [2.75, 3.05) is 25.7 Å². The summed E-state index contributed by atoms with van der Waals surface area (Å²) in [4.78, 5) is 45.8. The number of aliphatic hydroxyl groups is 1. The predicted molar refractivity (Wildman–Crippen MR) is 169 cm³/mol. The molecule has 1 aliphatic rings. The minimum atomic E-state index is -1.10. The zero-order valence-electron chi connectivity index (χ0n) is 25.5. The molecular weight excluding hydrogens is 596 g/mol. The van der Waals surface area contributed by atoms with Crippen molar-refractivity contribution in [3.63, 3.8) is 0 Å². The number of amides is 1. The molecule has 1 amide bonds. The number of carbonyl (C=O) groups is 3. The van der Waals surface area contributed by atoms with E-state index in [0.29, 0.717) is 40.7 Å². The first kappa shape index (κ1) is 31.3. The molecule has 0 radical (unpaired) electrons. The summed E-state index contributed by atoms with van der Waals surface area (Å²) in [6.45, 7) is 5.67. The van der Waals surface area contributed by atoms with Gasteiger partial charge in [0.05, 0.1) is 38.1 Å². The lowest BCUT2D eigenvalue weighted by Crippen LogP contribution is -2.29. The minimum Gasteiger partial charge on any atom is -0.507 e. The molecule has 1 atom stereocenters. The van der Waals surface area contributed by atoms with E-state index in [-0.39, 0.29) is 27.9 Å². The molecule has 1 unspecified atom stereocenters. The summed E-state index contributed by atoms with van der Waals surface area (Å²) in [7, 11) is 2.97. The molecule has 1 N–H and O–H groups in total. The highest BCUT2D eigenvalue weighted by Gasteiger charge is 2.48. The summed E-state index contributed by atoms with van der Waals surface area (Å²) in [5.41, 5.74) is 2.71. The summed E-state index contributed by atoms with van der Waals surface area (Å²) < 4.78 is 22.0. The molecule has 1 aromatic heterocycles. The molecule has 1 fully saturated rings. The van der Waals surface area contributed by atoms with Crippen LogP contribution >= 0.6 is 11.3 Å². The fourth-order valence-corrected chi connectivity index (χ4v) is 6.08. The number of ether oxygens (including phenoxy) is 4. The second-order valence-corrected chi connectivity index (χ2v) is 11.1. The number of aliphatic hydroxyl groups excluding tert-OH is 1. The third kappa shape index (κ3) is 6.12. The first-order chi connectivity index (χ1) is 21.7. The quantitative estimate of drug-likeness (QED) is 0.0952. The van der Waals surface area contributed by atoms with Gasteiger partial charge in [0.1, 0.15) is 23.0 Å². The topological polar surface area (TPSA) is 124 Å². The fraction of sp³-hybridized carbons (Fsp3) is 0.235. The van der Waals surface area contributed by atoms with Crippen molar-refractivity contribution in [2.24, 2.45) is 0 Å². The number of hydrogen-bond donors (Lipinski definition) is 1. The number of aromatic nitrogens is 1. The lowest BCUT2D eigenvalue weighted by atomic mass is 9.94. The number of hydrogen-bond acceptors (Lipinski definition) is 10. The highest BCUT2D eigenvalue weighted by molar-refractivity contribution is 7.17. The number of Topliss-reactive ketones (excluding diaryl/α,β-unsaturated/α-hetero) is 1. The maximum absolute atomic E-state index is 13.7. The Morgan fingerprint density at radius 3 is 2.33 bits per heavy atom. The monoisotopic (exact) mass is 628 g/mol. The van der Waals surface area contributed by atoms with E-state index in [9.17, 15) is 19.5 Å². The third-order valence-corrected chi connectivity index (χ3v) is 8.44. The smallest absolute Gasteiger partial charge is 0.350 e. The molecule has 2 heterocycles. The minimum absolute atomic E-state index is 0.109. The van der Waals surface area contributed by atoms with Crippen LogP contribution in [0.5, 0.6) is 17.2 Å². The van der Waals surface area contributed by atoms with Gasteiger partial charge in [-0.25, -0.2) is 9.78 Å². The van der Waals surface area contributed by atoms with Crippen molar-refractivity contribution >= 4 is 39.9 Å². The molecule has 45 heavy (non-hydrogen) atoms. The maximum Gasteiger partial charge on any atom is 0.350 e. The van der Waals surface area contributed by atoms with Crippen LogP contribution in [0.4, 0.5) is 5.13 Å². The van der Waals surface area contributed by atoms with Gasteiger partial charge in [0, 0.05) is 5.56 Å². The lowest BCUT2D eigenvalue weighted by Gasteiger charge is -2.24. The Balaban J connectivity index is 1.61. The van der Waals surface area contributed by atoms with E-state index >= 15 is 0 Å². The van der Waals surface area contributed by atoms with E-state index in [2.05, 4.69) is 4.98 Å². The van der Waals surface area contributed by atoms with Gasteiger partial charge in [0.2, 0.25) is 0 Å². The van der Waals surface area contributed by atoms with Crippen molar-refractivity contribution in [1.29, 1.82) is 0 Å². The molecule has 1 saturated heterocycles. The first-order valence-corrected chi connectivity index (χ1v) is 14.9. The average Bonchev–Trinajstić information content (AvgIpc) is 3.56. The zero-order chi connectivity index (χ0) is 32.2. The van der Waals surface area contributed by atoms with Crippen LogP contribution in [0.15, 0.2) is 72.3 Å². The van der Waals surface area contributed by atoms with Crippen LogP contribution in [0, 0.1) is 13.8 Å². The van der Waals surface area contributed by atoms with E-state index in [1.165, 1.54) is 19.1 Å². The van der Waals surface area contributed by atoms with Gasteiger partial charge in [-0.1, -0.05) is 47.7 Å². The Bertz CT molecular complexity index is 1800. The largest absolute Gasteiger partial charge is 0.507 e. The molecule has 0 spiro atoms. The van der Waals surface area contributed by atoms with Crippen LogP contribution in [-0.2, 0) is 20.9 Å². The molecule has 10 nitrogen and oxygen atoms in total. The second kappa shape index (κ2) is 13.2. The highest BCUT2D eigenvalue weighted by Crippen LogP contribution is 2.45. The molecule has 11 heteroatoms. The van der Waals surface area contributed by atoms with E-state index in [1.807, 2.05) is 37.3 Å². The van der Waals surface area contributed by atoms with Gasteiger partial charge < -0.3 is 24.1 Å². The van der Waals surface area contributed by atoms with Gasteiger partial charge in [-0.3, -0.25) is 14.5 Å². The van der Waals surface area contributed by atoms with Crippen LogP contribution in [0.25, 0.3) is 5.76 Å². The highest BCUT2D eigenvalue weighted by atomic mass is 32.1. The standard InChI is InChI=1S/C34H32N2O8S/c1-6-43-33(40)31-20(3)35-34(45-31)36-28(22-12-15-25(41-4)26(17-22)42-5)27(30(38)32(36)39)29(37)23-13-14-24(19(2)16-23)44-18-21-10-8-7-9-11-21/h7-17,28,37H,6,18H2,1-5H3/b29-27+. The van der Waals surface area contributed by atoms with Crippen molar-refractivity contribution in [2.45, 2.75) is 33.4 Å². The SMILES string of the molecule is CCOC(=O)c1sc(N2C(=O)C(=O)/C(=C(/O)c3ccc(OCc4ccccc4)c(C)c3)C2c2ccc(OC)c(OC)c2)nc1C. The number of esters is 1. The molecule has 0 bridgehead atoms. The normalized spacial score (nSPS) is 15.7. The molecule has 3 aromatic carbocycles. The number of aryl methyl sites for hydroxylation is 2. The summed E-state index contributed by atoms with van der Waals surface area (Å²) >= 11 is 0.935. The number of carbonyl (C=O) groups excluding carboxylic acids is 3. The Hall–Kier alpha value is -5.16. The Morgan fingerprint density at radius 2 is 1.67 bits per heavy atom. The zero-order valence-corrected chi connectivity index (χ0v) is 26.3. The van der Waals surface area contributed by atoms with E-state index in [1.54, 1.807) is 50.2 Å². The van der Waals surface area contributed by atoms with E-state index in [4.69, 9.17) is 18.9 Å². The molecular formula is C34H32N2O8S. The second-order valence-electron chi connectivity index (χ2n) is 10.2. The van der Waals surface area contributed by atoms with Crippen LogP contribution in [0.1, 0.15) is 50.6 Å². The number of methoxy groups -OCH3 is 2. The summed E-state index contributed by atoms with van der Waals surface area (Å²) in [5, 5.41) is 11.8. The molecule has 5 rings (SSSR count). The van der Waals surface area contributed by atoms with Crippen molar-refractivity contribution in [1.82, 2.24) is 4.98 Å². The molecule has 0 saturated carbocycles. The van der Waals surface area contributed by atoms with Crippen molar-refractivity contribution in [3.05, 3.63) is 105 Å². The number of anilines is 1. The van der Waals surface area contributed by atoms with Crippen LogP contribution < -0.4 is 19.1 Å². The molecule has 4 aromatic rings. The predicted octanol–water partition coefficient (Wildman–Crippen LogP) is 6.16. The number of thiazole rings is 1. The number of benzene rings is 3. The maximum atomic E-state index is 13.7. The van der Waals surface area contributed by atoms with Crippen LogP contribution in [-0.4, -0.2) is 48.6 Å². The summed E-state index contributed by atoms with van der Waals surface area (Å²) in [6, 6.07) is 18.6. The number of ketones is 1. The fourth-order valence-electron chi connectivity index (χ4n) is 5.09. The average molecular weight is 629 g/mol. The molecule has 232 valence electrons. The molecule has 0 aliphatic carbocycles. The Kier molecular flexibility index (Phi) is 9.19. The Labute approximate surface area is 264 Å². The van der Waals surface area contributed by atoms with Gasteiger partial charge >= 0.3 is 11.9 Å². The number of nitrogens with zero attached hydrogens (tertiary/aromatic N) is 2. The number of rotatable bonds is 10. The van der Waals surface area contributed by atoms with Gasteiger partial charge in [-0.2, -0.15) is 0 Å². The summed E-state index contributed by atoms with van der Waals surface area (Å²) in [6.07, 6.45) is 0. The third-order valence-electron chi connectivity index (χ3n) is 7.31. The van der Waals surface area contributed by atoms with Gasteiger partial charge in [0.25, 0.3) is 5.78 Å².